The van der Waals surface area contributed by atoms with Gasteiger partial charge in [0.2, 0.25) is 0 Å². The fourth-order valence-electron chi connectivity index (χ4n) is 4.19. The first kappa shape index (κ1) is 26.6. The summed E-state index contributed by atoms with van der Waals surface area (Å²) in [6, 6.07) is 19.3. The molecule has 1 heterocycles. The summed E-state index contributed by atoms with van der Waals surface area (Å²) in [5.41, 5.74) is 5.33. The molecule has 0 radical (unpaired) electrons. The number of ether oxygens (including phenoxy) is 2. The monoisotopic (exact) mass is 525 g/mol. The summed E-state index contributed by atoms with van der Waals surface area (Å²) in [7, 11) is 0. The van der Waals surface area contributed by atoms with Crippen molar-refractivity contribution >= 4 is 29.2 Å². The van der Waals surface area contributed by atoms with E-state index in [1.165, 1.54) is 18.3 Å². The van der Waals surface area contributed by atoms with Gasteiger partial charge in [-0.15, -0.1) is 0 Å². The minimum absolute atomic E-state index is 0.112. The average Bonchev–Trinajstić information content (AvgIpc) is 2.89. The lowest BCUT2D eigenvalue weighted by Crippen LogP contribution is -2.44. The summed E-state index contributed by atoms with van der Waals surface area (Å²) in [4.78, 5) is 10.7. The Hall–Kier alpha value is -3.50. The molecule has 37 heavy (non-hydrogen) atoms. The number of halogens is 1. The van der Waals surface area contributed by atoms with Gasteiger partial charge in [0.05, 0.1) is 30.0 Å². The second-order valence-electron chi connectivity index (χ2n) is 8.66. The fraction of sp³-hybridized carbons (Fsp3) is 0.296. The first-order chi connectivity index (χ1) is 17.9. The third-order valence-electron chi connectivity index (χ3n) is 6.05. The molecule has 0 bridgehead atoms. The summed E-state index contributed by atoms with van der Waals surface area (Å²) in [5, 5.41) is 37.0. The molecule has 0 amide bonds. The number of aliphatic hydroxyl groups is 2. The SMILES string of the molecule is CCOc1ccc(Cc2cc([C@@H]3O[C@H](/C=N/Nc4ccccc4[N+](=O)[O-])C[C@H](O)[C@H]3O)ccc2Cl)cc1. The molecule has 0 saturated carbocycles. The molecule has 1 aliphatic heterocycles. The number of hydrogen-bond donors (Lipinski definition) is 3. The summed E-state index contributed by atoms with van der Waals surface area (Å²) in [6.07, 6.45) is -1.54. The van der Waals surface area contributed by atoms with E-state index in [4.69, 9.17) is 21.1 Å². The second-order valence-corrected chi connectivity index (χ2v) is 9.06. The van der Waals surface area contributed by atoms with Gasteiger partial charge < -0.3 is 19.7 Å². The molecule has 194 valence electrons. The standard InChI is InChI=1S/C27H28ClN3O6/c1-2-36-20-10-7-17(8-11-20)13-19-14-18(9-12-22(19)28)27-26(33)25(32)15-21(37-27)16-29-30-23-5-3-4-6-24(23)31(34)35/h3-12,14,16,21,25-27,30,32-33H,2,13,15H2,1H3/b29-16+/t21-,25-,26+,27-/m0/s1. The van der Waals surface area contributed by atoms with E-state index in [1.807, 2.05) is 37.3 Å². The molecule has 1 saturated heterocycles. The predicted octanol–water partition coefficient (Wildman–Crippen LogP) is 4.89. The van der Waals surface area contributed by atoms with Gasteiger partial charge in [0.1, 0.15) is 23.6 Å². The van der Waals surface area contributed by atoms with Gasteiger partial charge in [-0.25, -0.2) is 0 Å². The third kappa shape index (κ3) is 6.64. The van der Waals surface area contributed by atoms with Gasteiger partial charge in [-0.05, 0) is 54.3 Å². The highest BCUT2D eigenvalue weighted by Gasteiger charge is 2.37. The van der Waals surface area contributed by atoms with Crippen molar-refractivity contribution in [1.82, 2.24) is 0 Å². The van der Waals surface area contributed by atoms with Crippen molar-refractivity contribution in [2.45, 2.75) is 44.2 Å². The van der Waals surface area contributed by atoms with Crippen LogP contribution in [0.15, 0.2) is 71.8 Å². The highest BCUT2D eigenvalue weighted by molar-refractivity contribution is 6.31. The zero-order valence-electron chi connectivity index (χ0n) is 20.2. The Kier molecular flexibility index (Phi) is 8.73. The quantitative estimate of drug-likeness (QED) is 0.206. The van der Waals surface area contributed by atoms with E-state index >= 15 is 0 Å². The molecule has 0 aromatic heterocycles. The molecule has 10 heteroatoms. The van der Waals surface area contributed by atoms with E-state index in [0.29, 0.717) is 23.6 Å². The number of aliphatic hydroxyl groups excluding tert-OH is 2. The van der Waals surface area contributed by atoms with Gasteiger partial charge in [0, 0.05) is 17.5 Å². The molecule has 1 aliphatic rings. The van der Waals surface area contributed by atoms with Gasteiger partial charge in [-0.1, -0.05) is 48.0 Å². The number of nitrogens with zero attached hydrogens (tertiary/aromatic N) is 2. The van der Waals surface area contributed by atoms with Crippen LogP contribution in [0.2, 0.25) is 5.02 Å². The van der Waals surface area contributed by atoms with Crippen LogP contribution in [0, 0.1) is 10.1 Å². The fourth-order valence-corrected chi connectivity index (χ4v) is 4.37. The van der Waals surface area contributed by atoms with E-state index in [1.54, 1.807) is 24.3 Å². The number of nitro groups is 1. The van der Waals surface area contributed by atoms with Gasteiger partial charge in [0.25, 0.3) is 5.69 Å². The van der Waals surface area contributed by atoms with Crippen molar-refractivity contribution in [2.75, 3.05) is 12.0 Å². The molecule has 0 unspecified atom stereocenters. The highest BCUT2D eigenvalue weighted by Crippen LogP contribution is 2.34. The second kappa shape index (κ2) is 12.2. The number of nitrogens with one attached hydrogen (secondary N) is 1. The maximum absolute atomic E-state index is 11.2. The molecular weight excluding hydrogens is 498 g/mol. The van der Waals surface area contributed by atoms with Gasteiger partial charge in [-0.3, -0.25) is 15.5 Å². The molecule has 3 aromatic carbocycles. The molecule has 9 nitrogen and oxygen atoms in total. The number of hydrazone groups is 1. The lowest BCUT2D eigenvalue weighted by Gasteiger charge is -2.36. The van der Waals surface area contributed by atoms with Crippen LogP contribution in [0.5, 0.6) is 5.75 Å². The van der Waals surface area contributed by atoms with Crippen molar-refractivity contribution in [1.29, 1.82) is 0 Å². The Morgan fingerprint density at radius 2 is 1.95 bits per heavy atom. The minimum atomic E-state index is -1.15. The van der Waals surface area contributed by atoms with Crippen LogP contribution < -0.4 is 10.2 Å². The Balaban J connectivity index is 1.48. The largest absolute Gasteiger partial charge is 0.494 e. The van der Waals surface area contributed by atoms with Crippen molar-refractivity contribution in [2.24, 2.45) is 5.10 Å². The van der Waals surface area contributed by atoms with E-state index in [9.17, 15) is 20.3 Å². The van der Waals surface area contributed by atoms with Crippen molar-refractivity contribution < 1.29 is 24.6 Å². The van der Waals surface area contributed by atoms with Crippen LogP contribution in [0.3, 0.4) is 0 Å². The molecule has 0 aliphatic carbocycles. The van der Waals surface area contributed by atoms with Gasteiger partial charge >= 0.3 is 0 Å². The normalized spacial score (nSPS) is 21.6. The Morgan fingerprint density at radius 3 is 2.68 bits per heavy atom. The maximum atomic E-state index is 11.2. The van der Waals surface area contributed by atoms with Crippen LogP contribution in [0.25, 0.3) is 0 Å². The van der Waals surface area contributed by atoms with Crippen molar-refractivity contribution in [3.63, 3.8) is 0 Å². The smallest absolute Gasteiger partial charge is 0.294 e. The van der Waals surface area contributed by atoms with Crippen LogP contribution in [-0.4, -0.2) is 46.3 Å². The highest BCUT2D eigenvalue weighted by atomic mass is 35.5. The molecule has 4 atom stereocenters. The van der Waals surface area contributed by atoms with E-state index in [0.717, 1.165) is 16.9 Å². The Bertz CT molecular complexity index is 1250. The Morgan fingerprint density at radius 1 is 1.19 bits per heavy atom. The van der Waals surface area contributed by atoms with E-state index in [-0.39, 0.29) is 17.8 Å². The van der Waals surface area contributed by atoms with Crippen LogP contribution >= 0.6 is 11.6 Å². The number of para-hydroxylation sites is 2. The van der Waals surface area contributed by atoms with Crippen molar-refractivity contribution in [3.05, 3.63) is 98.6 Å². The molecule has 4 rings (SSSR count). The zero-order chi connectivity index (χ0) is 26.4. The topological polar surface area (TPSA) is 126 Å². The number of anilines is 1. The summed E-state index contributed by atoms with van der Waals surface area (Å²) < 4.78 is 11.6. The number of rotatable bonds is 9. The first-order valence-corrected chi connectivity index (χ1v) is 12.3. The lowest BCUT2D eigenvalue weighted by atomic mass is 9.92. The summed E-state index contributed by atoms with van der Waals surface area (Å²) >= 11 is 6.47. The predicted molar refractivity (Wildman–Crippen MR) is 141 cm³/mol. The summed E-state index contributed by atoms with van der Waals surface area (Å²) in [6.45, 7) is 2.52. The van der Waals surface area contributed by atoms with E-state index < -0.39 is 29.3 Å². The maximum Gasteiger partial charge on any atom is 0.294 e. The van der Waals surface area contributed by atoms with Crippen LogP contribution in [-0.2, 0) is 11.2 Å². The molecule has 3 N–H and O–H groups in total. The molecular formula is C27H28ClN3O6. The van der Waals surface area contributed by atoms with Crippen LogP contribution in [0.1, 0.15) is 36.1 Å². The number of hydrogen-bond acceptors (Lipinski definition) is 8. The van der Waals surface area contributed by atoms with Gasteiger partial charge in [0.15, 0.2) is 0 Å². The molecule has 3 aromatic rings. The van der Waals surface area contributed by atoms with Crippen LogP contribution in [0.4, 0.5) is 11.4 Å². The Labute approximate surface area is 219 Å². The minimum Gasteiger partial charge on any atom is -0.494 e. The zero-order valence-corrected chi connectivity index (χ0v) is 20.9. The number of benzene rings is 3. The summed E-state index contributed by atoms with van der Waals surface area (Å²) in [5.74, 6) is 0.794. The average molecular weight is 526 g/mol. The number of nitro benzene ring substituents is 1. The lowest BCUT2D eigenvalue weighted by molar-refractivity contribution is -0.384. The first-order valence-electron chi connectivity index (χ1n) is 11.9. The van der Waals surface area contributed by atoms with Gasteiger partial charge in [-0.2, -0.15) is 5.10 Å². The molecule has 0 spiro atoms. The van der Waals surface area contributed by atoms with Crippen molar-refractivity contribution in [3.8, 4) is 5.75 Å². The van der Waals surface area contributed by atoms with E-state index in [2.05, 4.69) is 10.5 Å². The molecule has 1 fully saturated rings. The third-order valence-corrected chi connectivity index (χ3v) is 6.42.